The lowest BCUT2D eigenvalue weighted by molar-refractivity contribution is -0.00252. The van der Waals surface area contributed by atoms with Crippen LogP contribution in [0.25, 0.3) is 0 Å². The monoisotopic (exact) mass is 312 g/mol. The average molecular weight is 313 g/mol. The first-order chi connectivity index (χ1) is 8.78. The molecule has 0 N–H and O–H groups in total. The zero-order chi connectivity index (χ0) is 12.8. The molecule has 0 bridgehead atoms. The molecule has 18 heavy (non-hydrogen) atoms. The smallest absolute Gasteiger partial charge is 0.0702 e. The molecule has 0 aliphatic carbocycles. The summed E-state index contributed by atoms with van der Waals surface area (Å²) in [7, 11) is 0. The van der Waals surface area contributed by atoms with E-state index >= 15 is 0 Å². The van der Waals surface area contributed by atoms with Crippen LogP contribution in [0.3, 0.4) is 0 Å². The fourth-order valence-corrected chi connectivity index (χ4v) is 2.54. The summed E-state index contributed by atoms with van der Waals surface area (Å²) in [5, 5.41) is 0. The van der Waals surface area contributed by atoms with E-state index in [9.17, 15) is 0 Å². The predicted molar refractivity (Wildman–Crippen MR) is 76.5 cm³/mol. The van der Waals surface area contributed by atoms with Crippen LogP contribution in [0.5, 0.6) is 0 Å². The zero-order valence-electron chi connectivity index (χ0n) is 10.9. The van der Waals surface area contributed by atoms with Gasteiger partial charge in [-0.25, -0.2) is 0 Å². The van der Waals surface area contributed by atoms with Crippen LogP contribution in [-0.2, 0) is 11.3 Å². The van der Waals surface area contributed by atoms with Crippen molar-refractivity contribution in [2.24, 2.45) is 0 Å². The molecule has 1 unspecified atom stereocenters. The van der Waals surface area contributed by atoms with E-state index < -0.39 is 0 Å². The number of ether oxygens (including phenoxy) is 1. The molecule has 1 aromatic heterocycles. The standard InChI is InChI=1S/C14H21BrN2O/c1-2-8-18-14-4-3-7-17(11-14)10-13-6-5-12(15)9-16-13/h5-6,9,14H,2-4,7-8,10-11H2,1H3. The third-order valence-electron chi connectivity index (χ3n) is 3.19. The van der Waals surface area contributed by atoms with Crippen LogP contribution in [0.4, 0.5) is 0 Å². The molecule has 2 heterocycles. The number of hydrogen-bond acceptors (Lipinski definition) is 3. The molecule has 1 atom stereocenters. The Labute approximate surface area is 118 Å². The van der Waals surface area contributed by atoms with Gasteiger partial charge in [0.1, 0.15) is 0 Å². The maximum absolute atomic E-state index is 5.85. The molecule has 1 aliphatic heterocycles. The summed E-state index contributed by atoms with van der Waals surface area (Å²) in [4.78, 5) is 6.87. The van der Waals surface area contributed by atoms with Crippen LogP contribution in [0.2, 0.25) is 0 Å². The molecule has 4 heteroatoms. The van der Waals surface area contributed by atoms with Crippen LogP contribution in [0.1, 0.15) is 31.9 Å². The summed E-state index contributed by atoms with van der Waals surface area (Å²) >= 11 is 3.41. The van der Waals surface area contributed by atoms with Crippen molar-refractivity contribution in [3.05, 3.63) is 28.5 Å². The van der Waals surface area contributed by atoms with Gasteiger partial charge in [-0.2, -0.15) is 0 Å². The maximum Gasteiger partial charge on any atom is 0.0702 e. The van der Waals surface area contributed by atoms with Crippen LogP contribution in [-0.4, -0.2) is 35.7 Å². The third kappa shape index (κ3) is 4.34. The van der Waals surface area contributed by atoms with Gasteiger partial charge in [-0.05, 0) is 53.9 Å². The minimum atomic E-state index is 0.411. The van der Waals surface area contributed by atoms with E-state index in [2.05, 4.69) is 44.9 Å². The lowest BCUT2D eigenvalue weighted by Gasteiger charge is -2.32. The highest BCUT2D eigenvalue weighted by Gasteiger charge is 2.20. The van der Waals surface area contributed by atoms with Gasteiger partial charge >= 0.3 is 0 Å². The molecule has 1 aromatic rings. The van der Waals surface area contributed by atoms with Gasteiger partial charge in [0.2, 0.25) is 0 Å². The highest BCUT2D eigenvalue weighted by Crippen LogP contribution is 2.16. The third-order valence-corrected chi connectivity index (χ3v) is 3.66. The Balaban J connectivity index is 1.83. The van der Waals surface area contributed by atoms with Gasteiger partial charge in [-0.1, -0.05) is 6.92 Å². The topological polar surface area (TPSA) is 25.4 Å². The highest BCUT2D eigenvalue weighted by molar-refractivity contribution is 9.10. The second kappa shape index (κ2) is 7.22. The fourth-order valence-electron chi connectivity index (χ4n) is 2.31. The molecule has 3 nitrogen and oxygen atoms in total. The van der Waals surface area contributed by atoms with Gasteiger partial charge in [0.05, 0.1) is 11.8 Å². The molecule has 0 radical (unpaired) electrons. The summed E-state index contributed by atoms with van der Waals surface area (Å²) in [6, 6.07) is 4.14. The van der Waals surface area contributed by atoms with Crippen molar-refractivity contribution in [1.82, 2.24) is 9.88 Å². The molecule has 0 aromatic carbocycles. The first-order valence-corrected chi connectivity index (χ1v) is 7.51. The number of pyridine rings is 1. The van der Waals surface area contributed by atoms with Gasteiger partial charge in [0.15, 0.2) is 0 Å². The number of aromatic nitrogens is 1. The van der Waals surface area contributed by atoms with Gasteiger partial charge < -0.3 is 4.74 Å². The Kier molecular flexibility index (Phi) is 5.60. The first-order valence-electron chi connectivity index (χ1n) is 6.72. The number of halogens is 1. The number of likely N-dealkylation sites (tertiary alicyclic amines) is 1. The van der Waals surface area contributed by atoms with Gasteiger partial charge in [-0.15, -0.1) is 0 Å². The normalized spacial score (nSPS) is 21.1. The molecule has 0 saturated carbocycles. The molecule has 0 spiro atoms. The Hall–Kier alpha value is -0.450. The Morgan fingerprint density at radius 2 is 2.39 bits per heavy atom. The van der Waals surface area contributed by atoms with E-state index in [0.717, 1.165) is 42.8 Å². The van der Waals surface area contributed by atoms with Crippen molar-refractivity contribution in [2.45, 2.75) is 38.8 Å². The van der Waals surface area contributed by atoms with E-state index in [1.807, 2.05) is 6.20 Å². The van der Waals surface area contributed by atoms with Crippen LogP contribution < -0.4 is 0 Å². The summed E-state index contributed by atoms with van der Waals surface area (Å²) in [5.74, 6) is 0. The van der Waals surface area contributed by atoms with Crippen molar-refractivity contribution in [1.29, 1.82) is 0 Å². The summed E-state index contributed by atoms with van der Waals surface area (Å²) in [5.41, 5.74) is 1.13. The first kappa shape index (κ1) is 14.0. The average Bonchev–Trinajstić information content (AvgIpc) is 2.40. The summed E-state index contributed by atoms with van der Waals surface area (Å²) in [6.07, 6.45) is 5.80. The van der Waals surface area contributed by atoms with Gasteiger partial charge in [0, 0.05) is 30.4 Å². The van der Waals surface area contributed by atoms with Crippen LogP contribution in [0, 0.1) is 0 Å². The lowest BCUT2D eigenvalue weighted by atomic mass is 10.1. The van der Waals surface area contributed by atoms with Crippen molar-refractivity contribution in [3.63, 3.8) is 0 Å². The minimum Gasteiger partial charge on any atom is -0.377 e. The Morgan fingerprint density at radius 3 is 3.11 bits per heavy atom. The zero-order valence-corrected chi connectivity index (χ0v) is 12.5. The lowest BCUT2D eigenvalue weighted by Crippen LogP contribution is -2.39. The summed E-state index contributed by atoms with van der Waals surface area (Å²) < 4.78 is 6.89. The molecule has 1 aliphatic rings. The second-order valence-corrected chi connectivity index (χ2v) is 5.75. The van der Waals surface area contributed by atoms with Crippen molar-refractivity contribution in [2.75, 3.05) is 19.7 Å². The number of rotatable bonds is 5. The largest absolute Gasteiger partial charge is 0.377 e. The highest BCUT2D eigenvalue weighted by atomic mass is 79.9. The number of piperidine rings is 1. The Morgan fingerprint density at radius 1 is 1.50 bits per heavy atom. The fraction of sp³-hybridized carbons (Fsp3) is 0.643. The molecular formula is C14H21BrN2O. The molecule has 2 rings (SSSR count). The number of hydrogen-bond donors (Lipinski definition) is 0. The van der Waals surface area contributed by atoms with Crippen molar-refractivity contribution < 1.29 is 4.74 Å². The number of nitrogens with zero attached hydrogens (tertiary/aromatic N) is 2. The summed E-state index contributed by atoms with van der Waals surface area (Å²) in [6.45, 7) is 6.17. The van der Waals surface area contributed by atoms with Crippen molar-refractivity contribution >= 4 is 15.9 Å². The van der Waals surface area contributed by atoms with E-state index in [-0.39, 0.29) is 0 Å². The maximum atomic E-state index is 5.85. The molecule has 0 amide bonds. The van der Waals surface area contributed by atoms with E-state index in [1.54, 1.807) is 0 Å². The predicted octanol–water partition coefficient (Wildman–Crippen LogP) is 3.24. The molecule has 100 valence electrons. The van der Waals surface area contributed by atoms with E-state index in [0.29, 0.717) is 6.10 Å². The minimum absolute atomic E-state index is 0.411. The van der Waals surface area contributed by atoms with Crippen LogP contribution in [0.15, 0.2) is 22.8 Å². The Bertz CT molecular complexity index is 355. The van der Waals surface area contributed by atoms with Crippen LogP contribution >= 0.6 is 15.9 Å². The van der Waals surface area contributed by atoms with E-state index in [1.165, 1.54) is 12.8 Å². The van der Waals surface area contributed by atoms with Crippen molar-refractivity contribution in [3.8, 4) is 0 Å². The van der Waals surface area contributed by atoms with E-state index in [4.69, 9.17) is 4.74 Å². The molecule has 1 fully saturated rings. The van der Waals surface area contributed by atoms with Gasteiger partial charge in [-0.3, -0.25) is 9.88 Å². The quantitative estimate of drug-likeness (QED) is 0.834. The van der Waals surface area contributed by atoms with Gasteiger partial charge in [0.25, 0.3) is 0 Å². The molecular weight excluding hydrogens is 292 g/mol. The molecule has 1 saturated heterocycles. The second-order valence-electron chi connectivity index (χ2n) is 4.84. The SMILES string of the molecule is CCCOC1CCCN(Cc2ccc(Br)cn2)C1.